The fraction of sp³-hybridized carbons (Fsp3) is 0.600. The van der Waals surface area contributed by atoms with Crippen molar-refractivity contribution in [3.8, 4) is 0 Å². The Bertz CT molecular complexity index is 542. The molecule has 0 bridgehead atoms. The van der Waals surface area contributed by atoms with E-state index in [2.05, 4.69) is 15.6 Å². The predicted molar refractivity (Wildman–Crippen MR) is 81.3 cm³/mol. The number of urea groups is 1. The molecule has 2 rings (SSSR count). The zero-order chi connectivity index (χ0) is 17.0. The van der Waals surface area contributed by atoms with Crippen molar-refractivity contribution in [2.45, 2.75) is 26.4 Å². The van der Waals surface area contributed by atoms with E-state index >= 15 is 0 Å². The second-order valence-corrected chi connectivity index (χ2v) is 6.01. The second-order valence-electron chi connectivity index (χ2n) is 6.01. The molecule has 0 spiro atoms. The third-order valence-corrected chi connectivity index (χ3v) is 3.66. The highest BCUT2D eigenvalue weighted by Crippen LogP contribution is 2.22. The van der Waals surface area contributed by atoms with Crippen LogP contribution >= 0.6 is 0 Å². The summed E-state index contributed by atoms with van der Waals surface area (Å²) < 4.78 is 37.0. The van der Waals surface area contributed by atoms with Gasteiger partial charge in [0, 0.05) is 18.8 Å². The van der Waals surface area contributed by atoms with Crippen LogP contribution in [0.4, 0.5) is 23.8 Å². The number of nitrogens with zero attached hydrogens (tertiary/aromatic N) is 2. The van der Waals surface area contributed by atoms with Crippen LogP contribution in [0.25, 0.3) is 0 Å². The van der Waals surface area contributed by atoms with Gasteiger partial charge in [-0.25, -0.2) is 9.78 Å². The first-order chi connectivity index (χ1) is 10.7. The summed E-state index contributed by atoms with van der Waals surface area (Å²) in [6.07, 6.45) is -3.52. The van der Waals surface area contributed by atoms with Crippen LogP contribution in [-0.4, -0.2) is 48.3 Å². The van der Waals surface area contributed by atoms with Crippen molar-refractivity contribution in [2.24, 2.45) is 5.92 Å². The van der Waals surface area contributed by atoms with Crippen LogP contribution in [0.2, 0.25) is 0 Å². The Balaban J connectivity index is 1.75. The molecule has 0 aliphatic carbocycles. The second kappa shape index (κ2) is 7.16. The molecular weight excluding hydrogens is 309 g/mol. The smallest absolute Gasteiger partial charge is 0.338 e. The number of likely N-dealkylation sites (tertiary alicyclic amines) is 1. The van der Waals surface area contributed by atoms with Crippen LogP contribution in [0.3, 0.4) is 0 Å². The third-order valence-electron chi connectivity index (χ3n) is 3.66. The average Bonchev–Trinajstić information content (AvgIpc) is 2.80. The molecule has 5 nitrogen and oxygen atoms in total. The van der Waals surface area contributed by atoms with Gasteiger partial charge in [0.2, 0.25) is 0 Å². The van der Waals surface area contributed by atoms with Gasteiger partial charge in [0.25, 0.3) is 0 Å². The van der Waals surface area contributed by atoms with E-state index < -0.39 is 18.8 Å². The van der Waals surface area contributed by atoms with Crippen LogP contribution in [0.1, 0.15) is 17.7 Å². The van der Waals surface area contributed by atoms with Crippen molar-refractivity contribution in [3.05, 3.63) is 23.4 Å². The van der Waals surface area contributed by atoms with E-state index in [-0.39, 0.29) is 5.92 Å². The summed E-state index contributed by atoms with van der Waals surface area (Å²) in [7, 11) is 0. The minimum atomic E-state index is -4.17. The average molecular weight is 330 g/mol. The molecule has 1 atom stereocenters. The normalized spacial score (nSPS) is 18.9. The summed E-state index contributed by atoms with van der Waals surface area (Å²) in [5, 5.41) is 5.34. The number of carbonyl (C=O) groups excluding carboxylic acids is 1. The third kappa shape index (κ3) is 6.05. The molecule has 2 heterocycles. The largest absolute Gasteiger partial charge is 0.401 e. The lowest BCUT2D eigenvalue weighted by Crippen LogP contribution is -2.36. The Kier molecular flexibility index (Phi) is 5.46. The molecule has 2 N–H and O–H groups in total. The maximum atomic E-state index is 12.3. The lowest BCUT2D eigenvalue weighted by Gasteiger charge is -2.18. The standard InChI is InChI=1S/C15H21F3N4O/c1-10-5-11(2)20-13(6-10)21-14(23)19-7-12-3-4-22(8-12)9-15(16,17)18/h5-6,12H,3-4,7-9H2,1-2H3,(H2,19,20,21,23)/t12-/m1/s1. The highest BCUT2D eigenvalue weighted by Gasteiger charge is 2.34. The molecule has 8 heteroatoms. The molecule has 1 fully saturated rings. The number of pyridine rings is 1. The topological polar surface area (TPSA) is 57.3 Å². The van der Waals surface area contributed by atoms with Gasteiger partial charge in [0.05, 0.1) is 6.54 Å². The fourth-order valence-electron chi connectivity index (χ4n) is 2.78. The maximum absolute atomic E-state index is 12.3. The fourth-order valence-corrected chi connectivity index (χ4v) is 2.78. The SMILES string of the molecule is Cc1cc(C)nc(NC(=O)NC[C@H]2CCN(CC(F)(F)F)C2)c1. The highest BCUT2D eigenvalue weighted by atomic mass is 19.4. The van der Waals surface area contributed by atoms with E-state index in [1.807, 2.05) is 19.9 Å². The maximum Gasteiger partial charge on any atom is 0.401 e. The number of carbonyl (C=O) groups is 1. The number of alkyl halides is 3. The Hall–Kier alpha value is -1.83. The van der Waals surface area contributed by atoms with E-state index in [1.165, 1.54) is 4.90 Å². The van der Waals surface area contributed by atoms with Crippen molar-refractivity contribution >= 4 is 11.8 Å². The molecule has 1 aliphatic heterocycles. The first-order valence-electron chi connectivity index (χ1n) is 7.50. The van der Waals surface area contributed by atoms with Crippen LogP contribution in [0.15, 0.2) is 12.1 Å². The molecule has 128 valence electrons. The monoisotopic (exact) mass is 330 g/mol. The number of amides is 2. The van der Waals surface area contributed by atoms with E-state index in [0.717, 1.165) is 11.3 Å². The van der Waals surface area contributed by atoms with Crippen molar-refractivity contribution in [2.75, 3.05) is 31.5 Å². The van der Waals surface area contributed by atoms with Gasteiger partial charge in [-0.15, -0.1) is 0 Å². The first-order valence-corrected chi connectivity index (χ1v) is 7.50. The Labute approximate surface area is 133 Å². The number of aromatic nitrogens is 1. The molecule has 1 aromatic rings. The van der Waals surface area contributed by atoms with Crippen molar-refractivity contribution in [1.29, 1.82) is 0 Å². The molecular formula is C15H21F3N4O. The summed E-state index contributed by atoms with van der Waals surface area (Å²) in [5.74, 6) is 0.500. The minimum Gasteiger partial charge on any atom is -0.338 e. The summed E-state index contributed by atoms with van der Waals surface area (Å²) in [4.78, 5) is 17.4. The van der Waals surface area contributed by atoms with Crippen LogP contribution in [0.5, 0.6) is 0 Å². The van der Waals surface area contributed by atoms with E-state index in [9.17, 15) is 18.0 Å². The van der Waals surface area contributed by atoms with E-state index in [0.29, 0.717) is 31.9 Å². The summed E-state index contributed by atoms with van der Waals surface area (Å²) in [6, 6.07) is 3.26. The highest BCUT2D eigenvalue weighted by molar-refractivity contribution is 5.88. The Morgan fingerprint density at radius 3 is 2.78 bits per heavy atom. The Morgan fingerprint density at radius 2 is 2.13 bits per heavy atom. The number of aryl methyl sites for hydroxylation is 2. The van der Waals surface area contributed by atoms with E-state index in [1.54, 1.807) is 6.07 Å². The molecule has 0 radical (unpaired) electrons. The van der Waals surface area contributed by atoms with Gasteiger partial charge in [0.1, 0.15) is 5.82 Å². The van der Waals surface area contributed by atoms with Crippen molar-refractivity contribution in [1.82, 2.24) is 15.2 Å². The quantitative estimate of drug-likeness (QED) is 0.892. The van der Waals surface area contributed by atoms with Crippen molar-refractivity contribution in [3.63, 3.8) is 0 Å². The first kappa shape index (κ1) is 17.5. The molecule has 1 aliphatic rings. The molecule has 0 unspecified atom stereocenters. The minimum absolute atomic E-state index is 0.0373. The van der Waals surface area contributed by atoms with Gasteiger partial charge in [0.15, 0.2) is 0 Å². The number of rotatable bonds is 4. The number of halogens is 3. The molecule has 2 amide bonds. The number of anilines is 1. The van der Waals surface area contributed by atoms with Gasteiger partial charge < -0.3 is 5.32 Å². The number of hydrogen-bond acceptors (Lipinski definition) is 3. The summed E-state index contributed by atoms with van der Waals surface area (Å²) in [6.45, 7) is 3.97. The van der Waals surface area contributed by atoms with Gasteiger partial charge >= 0.3 is 12.2 Å². The number of hydrogen-bond donors (Lipinski definition) is 2. The van der Waals surface area contributed by atoms with Gasteiger partial charge in [-0.1, -0.05) is 0 Å². The number of nitrogens with one attached hydrogen (secondary N) is 2. The van der Waals surface area contributed by atoms with Crippen molar-refractivity contribution < 1.29 is 18.0 Å². The summed E-state index contributed by atoms with van der Waals surface area (Å²) in [5.41, 5.74) is 1.80. The molecule has 0 saturated carbocycles. The van der Waals surface area contributed by atoms with Gasteiger partial charge in [-0.05, 0) is 50.4 Å². The van der Waals surface area contributed by atoms with Crippen LogP contribution in [-0.2, 0) is 0 Å². The lowest BCUT2D eigenvalue weighted by atomic mass is 10.1. The predicted octanol–water partition coefficient (Wildman–Crippen LogP) is 2.70. The molecule has 0 aromatic carbocycles. The zero-order valence-electron chi connectivity index (χ0n) is 13.2. The van der Waals surface area contributed by atoms with E-state index in [4.69, 9.17) is 0 Å². The summed E-state index contributed by atoms with van der Waals surface area (Å²) >= 11 is 0. The van der Waals surface area contributed by atoms with Crippen LogP contribution < -0.4 is 10.6 Å². The molecule has 23 heavy (non-hydrogen) atoms. The van der Waals surface area contributed by atoms with Gasteiger partial charge in [-0.2, -0.15) is 13.2 Å². The zero-order valence-corrected chi connectivity index (χ0v) is 13.2. The Morgan fingerprint density at radius 1 is 1.39 bits per heavy atom. The molecule has 1 saturated heterocycles. The lowest BCUT2D eigenvalue weighted by molar-refractivity contribution is -0.143. The molecule has 1 aromatic heterocycles. The van der Waals surface area contributed by atoms with Gasteiger partial charge in [-0.3, -0.25) is 10.2 Å². The van der Waals surface area contributed by atoms with Crippen LogP contribution in [0, 0.1) is 19.8 Å².